The minimum Gasteiger partial charge on any atom is -0.409 e. The van der Waals surface area contributed by atoms with E-state index in [4.69, 9.17) is 10.9 Å². The zero-order valence-corrected chi connectivity index (χ0v) is 11.7. The number of nitrogens with zero attached hydrogens (tertiary/aromatic N) is 2. The Labute approximate surface area is 119 Å². The van der Waals surface area contributed by atoms with Crippen LogP contribution in [0, 0.1) is 0 Å². The van der Waals surface area contributed by atoms with Crippen molar-refractivity contribution in [1.29, 1.82) is 0 Å². The summed E-state index contributed by atoms with van der Waals surface area (Å²) < 4.78 is 0. The van der Waals surface area contributed by atoms with Gasteiger partial charge in [-0.15, -0.1) is 0 Å². The third kappa shape index (κ3) is 2.92. The Kier molecular flexibility index (Phi) is 4.61. The number of rotatable bonds is 4. The smallest absolute Gasteiger partial charge is 0.254 e. The van der Waals surface area contributed by atoms with Gasteiger partial charge in [-0.05, 0) is 31.9 Å². The first-order valence-corrected chi connectivity index (χ1v) is 7.06. The molecule has 1 aliphatic carbocycles. The fourth-order valence-electron chi connectivity index (χ4n) is 2.79. The van der Waals surface area contributed by atoms with Crippen molar-refractivity contribution < 1.29 is 10.0 Å². The van der Waals surface area contributed by atoms with Gasteiger partial charge in [0.05, 0.1) is 0 Å². The van der Waals surface area contributed by atoms with E-state index in [1.165, 1.54) is 12.8 Å². The van der Waals surface area contributed by atoms with Crippen LogP contribution in [0.1, 0.15) is 48.5 Å². The van der Waals surface area contributed by atoms with E-state index in [1.807, 2.05) is 11.8 Å². The molecule has 0 heterocycles. The maximum Gasteiger partial charge on any atom is 0.254 e. The molecule has 2 rings (SSSR count). The molecule has 3 N–H and O–H groups in total. The topological polar surface area (TPSA) is 78.9 Å². The third-order valence-corrected chi connectivity index (χ3v) is 3.90. The zero-order valence-electron chi connectivity index (χ0n) is 11.7. The third-order valence-electron chi connectivity index (χ3n) is 3.90. The van der Waals surface area contributed by atoms with Gasteiger partial charge < -0.3 is 15.8 Å². The molecule has 1 aliphatic rings. The summed E-state index contributed by atoms with van der Waals surface area (Å²) >= 11 is 0. The minimum atomic E-state index is 0.0483. The van der Waals surface area contributed by atoms with Gasteiger partial charge in [-0.25, -0.2) is 0 Å². The lowest BCUT2D eigenvalue weighted by Gasteiger charge is -2.27. The lowest BCUT2D eigenvalue weighted by Crippen LogP contribution is -2.38. The molecule has 0 saturated heterocycles. The molecule has 0 aliphatic heterocycles. The quantitative estimate of drug-likeness (QED) is 0.382. The second kappa shape index (κ2) is 6.41. The van der Waals surface area contributed by atoms with Crippen LogP contribution in [0.3, 0.4) is 0 Å². The predicted octanol–water partition coefficient (Wildman–Crippen LogP) is 2.19. The van der Waals surface area contributed by atoms with E-state index in [0.29, 0.717) is 17.2 Å². The van der Waals surface area contributed by atoms with Gasteiger partial charge in [0.1, 0.15) is 0 Å². The SMILES string of the molecule is CCN(C(=O)c1ccc(/C(N)=N/O)cc1)C1CCCC1. The van der Waals surface area contributed by atoms with Crippen molar-refractivity contribution in [2.24, 2.45) is 10.9 Å². The molecule has 1 saturated carbocycles. The first kappa shape index (κ1) is 14.4. The molecule has 0 aromatic heterocycles. The first-order valence-electron chi connectivity index (χ1n) is 7.06. The van der Waals surface area contributed by atoms with Gasteiger partial charge in [-0.2, -0.15) is 0 Å². The molecule has 1 aromatic carbocycles. The lowest BCUT2D eigenvalue weighted by molar-refractivity contribution is 0.0693. The molecule has 108 valence electrons. The van der Waals surface area contributed by atoms with Crippen LogP contribution < -0.4 is 5.73 Å². The number of oxime groups is 1. The molecule has 1 aromatic rings. The summed E-state index contributed by atoms with van der Waals surface area (Å²) in [5, 5.41) is 11.6. The number of carbonyl (C=O) groups is 1. The summed E-state index contributed by atoms with van der Waals surface area (Å²) in [6, 6.07) is 7.23. The van der Waals surface area contributed by atoms with Gasteiger partial charge in [0.2, 0.25) is 0 Å². The van der Waals surface area contributed by atoms with Gasteiger partial charge in [-0.3, -0.25) is 4.79 Å². The summed E-state index contributed by atoms with van der Waals surface area (Å²) in [5.74, 6) is 0.109. The van der Waals surface area contributed by atoms with Crippen molar-refractivity contribution in [3.05, 3.63) is 35.4 Å². The molecular formula is C15H21N3O2. The van der Waals surface area contributed by atoms with E-state index in [-0.39, 0.29) is 11.7 Å². The summed E-state index contributed by atoms with van der Waals surface area (Å²) in [6.07, 6.45) is 4.61. The maximum atomic E-state index is 12.5. The van der Waals surface area contributed by atoms with Gasteiger partial charge in [0.25, 0.3) is 5.91 Å². The predicted molar refractivity (Wildman–Crippen MR) is 77.9 cm³/mol. The van der Waals surface area contributed by atoms with Crippen LogP contribution >= 0.6 is 0 Å². The molecule has 1 amide bonds. The van der Waals surface area contributed by atoms with E-state index in [1.54, 1.807) is 24.3 Å². The monoisotopic (exact) mass is 275 g/mol. The molecule has 5 nitrogen and oxygen atoms in total. The molecule has 0 atom stereocenters. The molecule has 0 unspecified atom stereocenters. The molecule has 5 heteroatoms. The summed E-state index contributed by atoms with van der Waals surface area (Å²) in [6.45, 7) is 2.74. The largest absolute Gasteiger partial charge is 0.409 e. The standard InChI is InChI=1S/C15H21N3O2/c1-2-18(13-5-3-4-6-13)15(19)12-9-7-11(8-10-12)14(16)17-20/h7-10,13,20H,2-6H2,1H3,(H2,16,17). The van der Waals surface area contributed by atoms with Crippen molar-refractivity contribution in [3.63, 3.8) is 0 Å². The van der Waals surface area contributed by atoms with E-state index < -0.39 is 0 Å². The van der Waals surface area contributed by atoms with Gasteiger partial charge in [-0.1, -0.05) is 30.1 Å². The average Bonchev–Trinajstić information content (AvgIpc) is 3.01. The van der Waals surface area contributed by atoms with Crippen molar-refractivity contribution >= 4 is 11.7 Å². The highest BCUT2D eigenvalue weighted by Crippen LogP contribution is 2.24. The molecule has 1 fully saturated rings. The normalized spacial score (nSPS) is 16.4. The number of hydrogen-bond acceptors (Lipinski definition) is 3. The number of amides is 1. The minimum absolute atomic E-state index is 0.0483. The number of nitrogens with two attached hydrogens (primary N) is 1. The Balaban J connectivity index is 2.15. The van der Waals surface area contributed by atoms with Crippen LogP contribution in [0.2, 0.25) is 0 Å². The number of carbonyl (C=O) groups excluding carboxylic acids is 1. The van der Waals surface area contributed by atoms with Crippen molar-refractivity contribution in [3.8, 4) is 0 Å². The Morgan fingerprint density at radius 1 is 1.30 bits per heavy atom. The average molecular weight is 275 g/mol. The summed E-state index contributed by atoms with van der Waals surface area (Å²) in [5.41, 5.74) is 6.76. The van der Waals surface area contributed by atoms with Gasteiger partial charge >= 0.3 is 0 Å². The summed E-state index contributed by atoms with van der Waals surface area (Å²) in [4.78, 5) is 14.5. The second-order valence-electron chi connectivity index (χ2n) is 5.09. The molecular weight excluding hydrogens is 254 g/mol. The fraction of sp³-hybridized carbons (Fsp3) is 0.467. The maximum absolute atomic E-state index is 12.5. The van der Waals surface area contributed by atoms with Crippen LogP contribution in [-0.2, 0) is 0 Å². The zero-order chi connectivity index (χ0) is 14.5. The van der Waals surface area contributed by atoms with Crippen LogP contribution in [0.4, 0.5) is 0 Å². The van der Waals surface area contributed by atoms with E-state index >= 15 is 0 Å². The van der Waals surface area contributed by atoms with Crippen LogP contribution in [0.15, 0.2) is 29.4 Å². The Morgan fingerprint density at radius 3 is 2.35 bits per heavy atom. The van der Waals surface area contributed by atoms with Crippen molar-refractivity contribution in [1.82, 2.24) is 4.90 Å². The number of amidine groups is 1. The van der Waals surface area contributed by atoms with E-state index in [9.17, 15) is 4.79 Å². The van der Waals surface area contributed by atoms with E-state index in [2.05, 4.69) is 5.16 Å². The molecule has 0 spiro atoms. The highest BCUT2D eigenvalue weighted by Gasteiger charge is 2.26. The van der Waals surface area contributed by atoms with Gasteiger partial charge in [0, 0.05) is 23.7 Å². The van der Waals surface area contributed by atoms with Gasteiger partial charge in [0.15, 0.2) is 5.84 Å². The summed E-state index contributed by atoms with van der Waals surface area (Å²) in [7, 11) is 0. The van der Waals surface area contributed by atoms with Crippen LogP contribution in [0.5, 0.6) is 0 Å². The van der Waals surface area contributed by atoms with Crippen LogP contribution in [-0.4, -0.2) is 34.4 Å². The van der Waals surface area contributed by atoms with Crippen molar-refractivity contribution in [2.75, 3.05) is 6.54 Å². The highest BCUT2D eigenvalue weighted by molar-refractivity contribution is 5.99. The molecule has 20 heavy (non-hydrogen) atoms. The fourth-order valence-corrected chi connectivity index (χ4v) is 2.79. The van der Waals surface area contributed by atoms with Crippen molar-refractivity contribution in [2.45, 2.75) is 38.6 Å². The first-order chi connectivity index (χ1) is 9.67. The second-order valence-corrected chi connectivity index (χ2v) is 5.09. The highest BCUT2D eigenvalue weighted by atomic mass is 16.4. The van der Waals surface area contributed by atoms with E-state index in [0.717, 1.165) is 19.4 Å². The number of hydrogen-bond donors (Lipinski definition) is 2. The van der Waals surface area contributed by atoms with Crippen LogP contribution in [0.25, 0.3) is 0 Å². The Morgan fingerprint density at radius 2 is 1.85 bits per heavy atom. The molecule has 0 bridgehead atoms. The lowest BCUT2D eigenvalue weighted by atomic mass is 10.1. The Bertz CT molecular complexity index is 490. The Hall–Kier alpha value is -2.04. The molecule has 0 radical (unpaired) electrons. The number of benzene rings is 1.